The maximum atomic E-state index is 5.51. The van der Waals surface area contributed by atoms with Crippen molar-refractivity contribution in [3.05, 3.63) is 0 Å². The highest BCUT2D eigenvalue weighted by atomic mass is 15.5. The molecule has 1 unspecified atom stereocenters. The van der Waals surface area contributed by atoms with Crippen molar-refractivity contribution >= 4 is 6.21 Å². The van der Waals surface area contributed by atoms with Crippen molar-refractivity contribution in [2.24, 2.45) is 10.8 Å². The van der Waals surface area contributed by atoms with Gasteiger partial charge in [0.2, 0.25) is 0 Å². The number of nitrogens with zero attached hydrogens (tertiary/aromatic N) is 2. The van der Waals surface area contributed by atoms with Crippen LogP contribution < -0.4 is 5.73 Å². The van der Waals surface area contributed by atoms with Crippen LogP contribution in [0.4, 0.5) is 0 Å². The molecule has 1 aliphatic heterocycles. The summed E-state index contributed by atoms with van der Waals surface area (Å²) in [6.07, 6.45) is 3.01. The van der Waals surface area contributed by atoms with E-state index in [-0.39, 0.29) is 6.17 Å². The van der Waals surface area contributed by atoms with Gasteiger partial charge in [0.25, 0.3) is 0 Å². The fourth-order valence-electron chi connectivity index (χ4n) is 0.719. The van der Waals surface area contributed by atoms with Crippen LogP contribution >= 0.6 is 0 Å². The smallest absolute Gasteiger partial charge is 0.0910 e. The molecule has 0 aromatic rings. The monoisotopic (exact) mass is 113 g/mol. The Morgan fingerprint density at radius 3 is 2.88 bits per heavy atom. The first-order chi connectivity index (χ1) is 3.80. The third kappa shape index (κ3) is 0.980. The molecule has 2 N–H and O–H groups in total. The van der Waals surface area contributed by atoms with Gasteiger partial charge in [-0.2, -0.15) is 5.10 Å². The highest BCUT2D eigenvalue weighted by Gasteiger charge is 2.07. The highest BCUT2D eigenvalue weighted by molar-refractivity contribution is 5.58. The molecule has 0 spiro atoms. The van der Waals surface area contributed by atoms with Gasteiger partial charge in [-0.15, -0.1) is 0 Å². The Balaban J connectivity index is 2.36. The van der Waals surface area contributed by atoms with Gasteiger partial charge < -0.3 is 5.73 Å². The van der Waals surface area contributed by atoms with E-state index in [2.05, 4.69) is 5.10 Å². The maximum Gasteiger partial charge on any atom is 0.0910 e. The molecule has 0 saturated carbocycles. The standard InChI is InChI=1S/C5H11N3/c1-5(6)8-4-2-3-7-8/h3,5H,2,4,6H2,1H3. The Morgan fingerprint density at radius 2 is 2.62 bits per heavy atom. The zero-order valence-corrected chi connectivity index (χ0v) is 5.04. The van der Waals surface area contributed by atoms with Gasteiger partial charge in [0.15, 0.2) is 0 Å². The molecule has 0 aromatic carbocycles. The van der Waals surface area contributed by atoms with E-state index in [4.69, 9.17) is 5.73 Å². The van der Waals surface area contributed by atoms with Gasteiger partial charge in [0.05, 0.1) is 6.17 Å². The fourth-order valence-corrected chi connectivity index (χ4v) is 0.719. The molecule has 8 heavy (non-hydrogen) atoms. The van der Waals surface area contributed by atoms with Crippen molar-refractivity contribution in [1.29, 1.82) is 0 Å². The van der Waals surface area contributed by atoms with E-state index in [1.807, 2.05) is 18.1 Å². The molecule has 0 aromatic heterocycles. The van der Waals surface area contributed by atoms with Crippen molar-refractivity contribution in [3.63, 3.8) is 0 Å². The van der Waals surface area contributed by atoms with Gasteiger partial charge in [-0.05, 0) is 6.92 Å². The summed E-state index contributed by atoms with van der Waals surface area (Å²) >= 11 is 0. The van der Waals surface area contributed by atoms with E-state index in [1.165, 1.54) is 0 Å². The van der Waals surface area contributed by atoms with Crippen LogP contribution in [0.3, 0.4) is 0 Å². The van der Waals surface area contributed by atoms with E-state index in [0.717, 1.165) is 13.0 Å². The second kappa shape index (κ2) is 2.13. The van der Waals surface area contributed by atoms with Crippen LogP contribution in [0.1, 0.15) is 13.3 Å². The average molecular weight is 113 g/mol. The molecule has 1 rings (SSSR count). The lowest BCUT2D eigenvalue weighted by atomic mass is 10.4. The summed E-state index contributed by atoms with van der Waals surface area (Å²) in [6, 6.07) is 0. The van der Waals surface area contributed by atoms with E-state index in [1.54, 1.807) is 0 Å². The van der Waals surface area contributed by atoms with Crippen LogP contribution in [0.5, 0.6) is 0 Å². The minimum Gasteiger partial charge on any atom is -0.310 e. The summed E-state index contributed by atoms with van der Waals surface area (Å²) < 4.78 is 0. The van der Waals surface area contributed by atoms with Crippen molar-refractivity contribution < 1.29 is 0 Å². The Labute approximate surface area is 49.2 Å². The topological polar surface area (TPSA) is 41.6 Å². The molecule has 1 aliphatic rings. The first-order valence-electron chi connectivity index (χ1n) is 2.85. The molecule has 1 atom stereocenters. The molecule has 0 amide bonds. The van der Waals surface area contributed by atoms with E-state index < -0.39 is 0 Å². The minimum absolute atomic E-state index is 0.0775. The summed E-state index contributed by atoms with van der Waals surface area (Å²) in [5.41, 5.74) is 5.51. The lowest BCUT2D eigenvalue weighted by Crippen LogP contribution is -2.33. The van der Waals surface area contributed by atoms with Crippen LogP contribution in [0, 0.1) is 0 Å². The first-order valence-corrected chi connectivity index (χ1v) is 2.85. The third-order valence-corrected chi connectivity index (χ3v) is 1.19. The van der Waals surface area contributed by atoms with Crippen LogP contribution in [0.2, 0.25) is 0 Å². The van der Waals surface area contributed by atoms with Gasteiger partial charge >= 0.3 is 0 Å². The number of nitrogens with two attached hydrogens (primary N) is 1. The van der Waals surface area contributed by atoms with Crippen molar-refractivity contribution in [2.75, 3.05) is 6.54 Å². The van der Waals surface area contributed by atoms with Crippen LogP contribution in [0.25, 0.3) is 0 Å². The molecule has 3 heteroatoms. The molecule has 46 valence electrons. The van der Waals surface area contributed by atoms with Crippen LogP contribution in [-0.2, 0) is 0 Å². The Bertz CT molecular complexity index is 97.8. The Morgan fingerprint density at radius 1 is 1.88 bits per heavy atom. The van der Waals surface area contributed by atoms with Gasteiger partial charge in [0.1, 0.15) is 0 Å². The lowest BCUT2D eigenvalue weighted by Gasteiger charge is -2.16. The largest absolute Gasteiger partial charge is 0.310 e. The van der Waals surface area contributed by atoms with Crippen molar-refractivity contribution in [3.8, 4) is 0 Å². The predicted octanol–water partition coefficient (Wildman–Crippen LogP) is -0.0174. The second-order valence-corrected chi connectivity index (χ2v) is 1.99. The highest BCUT2D eigenvalue weighted by Crippen LogP contribution is 2.00. The van der Waals surface area contributed by atoms with Crippen molar-refractivity contribution in [2.45, 2.75) is 19.5 Å². The Kier molecular flexibility index (Phi) is 1.48. The predicted molar refractivity (Wildman–Crippen MR) is 33.5 cm³/mol. The zero-order chi connectivity index (χ0) is 5.98. The molecule has 0 bridgehead atoms. The van der Waals surface area contributed by atoms with Gasteiger partial charge in [-0.25, -0.2) is 0 Å². The molecule has 0 saturated heterocycles. The molecule has 0 aliphatic carbocycles. The van der Waals surface area contributed by atoms with E-state index in [9.17, 15) is 0 Å². The fraction of sp³-hybridized carbons (Fsp3) is 0.800. The summed E-state index contributed by atoms with van der Waals surface area (Å²) in [4.78, 5) is 0. The summed E-state index contributed by atoms with van der Waals surface area (Å²) in [7, 11) is 0. The van der Waals surface area contributed by atoms with Crippen molar-refractivity contribution in [1.82, 2.24) is 5.01 Å². The SMILES string of the molecule is CC(N)N1CCC=N1. The number of hydrogen-bond donors (Lipinski definition) is 1. The number of rotatable bonds is 1. The minimum atomic E-state index is 0.0775. The molecule has 3 nitrogen and oxygen atoms in total. The summed E-state index contributed by atoms with van der Waals surface area (Å²) in [6.45, 7) is 2.92. The molecular weight excluding hydrogens is 102 g/mol. The van der Waals surface area contributed by atoms with Crippen LogP contribution in [0.15, 0.2) is 5.10 Å². The average Bonchev–Trinajstić information content (AvgIpc) is 2.12. The second-order valence-electron chi connectivity index (χ2n) is 1.99. The molecular formula is C5H11N3. The first kappa shape index (κ1) is 5.56. The van der Waals surface area contributed by atoms with E-state index >= 15 is 0 Å². The molecule has 1 heterocycles. The van der Waals surface area contributed by atoms with Gasteiger partial charge in [0, 0.05) is 19.2 Å². The number of hydrogen-bond acceptors (Lipinski definition) is 3. The van der Waals surface area contributed by atoms with Crippen LogP contribution in [-0.4, -0.2) is 23.9 Å². The van der Waals surface area contributed by atoms with Gasteiger partial charge in [-0.3, -0.25) is 5.01 Å². The normalized spacial score (nSPS) is 22.0. The molecule has 0 radical (unpaired) electrons. The lowest BCUT2D eigenvalue weighted by molar-refractivity contribution is 0.247. The molecule has 0 fully saturated rings. The quantitative estimate of drug-likeness (QED) is 0.519. The maximum absolute atomic E-state index is 5.51. The van der Waals surface area contributed by atoms with Gasteiger partial charge in [-0.1, -0.05) is 0 Å². The summed E-state index contributed by atoms with van der Waals surface area (Å²) in [5.74, 6) is 0. The van der Waals surface area contributed by atoms with E-state index in [0.29, 0.717) is 0 Å². The Hall–Kier alpha value is -0.570. The third-order valence-electron chi connectivity index (χ3n) is 1.19. The number of hydrazone groups is 1. The summed E-state index contributed by atoms with van der Waals surface area (Å²) in [5, 5.41) is 5.89. The zero-order valence-electron chi connectivity index (χ0n) is 5.04.